The van der Waals surface area contributed by atoms with Gasteiger partial charge in [0.15, 0.2) is 5.69 Å². The molecule has 2 rings (SSSR count). The number of aliphatic carboxylic acids is 1. The van der Waals surface area contributed by atoms with Gasteiger partial charge < -0.3 is 10.4 Å². The molecule has 0 bridgehead atoms. The largest absolute Gasteiger partial charge is 0.480 e. The number of carboxylic acid groups (broad SMARTS) is 1. The maximum absolute atomic E-state index is 13.6. The Hall–Kier alpha value is -3.10. The molecule has 9 heteroatoms. The van der Waals surface area contributed by atoms with Crippen LogP contribution in [0.2, 0.25) is 0 Å². The molecule has 0 fully saturated rings. The molecule has 144 valence electrons. The molecule has 0 radical (unpaired) electrons. The number of amides is 1. The number of hydrogen-bond acceptors (Lipinski definition) is 3. The molecule has 0 saturated heterocycles. The van der Waals surface area contributed by atoms with Crippen molar-refractivity contribution in [2.45, 2.75) is 32.0 Å². The minimum atomic E-state index is -4.87. The number of allylic oxidation sites excluding steroid dienone is 1. The third kappa shape index (κ3) is 4.75. The van der Waals surface area contributed by atoms with Crippen molar-refractivity contribution in [1.29, 1.82) is 0 Å². The number of hydrogen-bond donors (Lipinski definition) is 2. The Morgan fingerprint density at radius 1 is 1.41 bits per heavy atom. The Morgan fingerprint density at radius 2 is 2.11 bits per heavy atom. The smallest absolute Gasteiger partial charge is 0.434 e. The third-order valence-corrected chi connectivity index (χ3v) is 3.79. The molecule has 2 aromatic rings. The van der Waals surface area contributed by atoms with Crippen LogP contribution in [0.4, 0.5) is 13.2 Å². The summed E-state index contributed by atoms with van der Waals surface area (Å²) in [6.45, 7) is 5.17. The van der Waals surface area contributed by atoms with Crippen LogP contribution in [-0.4, -0.2) is 32.8 Å². The molecule has 0 aliphatic heterocycles. The zero-order chi connectivity index (χ0) is 20.2. The van der Waals surface area contributed by atoms with Crippen molar-refractivity contribution < 1.29 is 27.9 Å². The molecule has 1 atom stereocenters. The van der Waals surface area contributed by atoms with Gasteiger partial charge in [0, 0.05) is 0 Å². The Morgan fingerprint density at radius 3 is 2.67 bits per heavy atom. The predicted molar refractivity (Wildman–Crippen MR) is 91.6 cm³/mol. The van der Waals surface area contributed by atoms with E-state index in [0.717, 1.165) is 11.8 Å². The van der Waals surface area contributed by atoms with E-state index in [1.54, 1.807) is 19.1 Å². The lowest BCUT2D eigenvalue weighted by atomic mass is 10.1. The number of aryl methyl sites for hydroxylation is 1. The molecule has 1 aromatic carbocycles. The van der Waals surface area contributed by atoms with E-state index >= 15 is 0 Å². The van der Waals surface area contributed by atoms with Gasteiger partial charge in [0.25, 0.3) is 5.91 Å². The van der Waals surface area contributed by atoms with E-state index in [4.69, 9.17) is 5.11 Å². The fourth-order valence-corrected chi connectivity index (χ4v) is 2.52. The third-order valence-electron chi connectivity index (χ3n) is 3.79. The van der Waals surface area contributed by atoms with E-state index in [-0.39, 0.29) is 18.5 Å². The van der Waals surface area contributed by atoms with E-state index in [1.165, 1.54) is 18.2 Å². The Bertz CT molecular complexity index is 859. The number of carbonyl (C=O) groups is 2. The summed E-state index contributed by atoms with van der Waals surface area (Å²) >= 11 is 0. The summed E-state index contributed by atoms with van der Waals surface area (Å²) in [6, 6.07) is 4.88. The van der Waals surface area contributed by atoms with Gasteiger partial charge in [-0.25, -0.2) is 9.48 Å². The highest BCUT2D eigenvalue weighted by molar-refractivity contribution is 5.97. The van der Waals surface area contributed by atoms with Gasteiger partial charge in [-0.2, -0.15) is 18.3 Å². The molecule has 0 saturated carbocycles. The fraction of sp³-hybridized carbons (Fsp3) is 0.278. The van der Waals surface area contributed by atoms with E-state index < -0.39 is 35.4 Å². The zero-order valence-electron chi connectivity index (χ0n) is 14.5. The summed E-state index contributed by atoms with van der Waals surface area (Å²) < 4.78 is 41.5. The van der Waals surface area contributed by atoms with E-state index in [0.29, 0.717) is 4.68 Å². The summed E-state index contributed by atoms with van der Waals surface area (Å²) in [4.78, 5) is 23.6. The minimum absolute atomic E-state index is 0.0118. The lowest BCUT2D eigenvalue weighted by Crippen LogP contribution is -2.41. The molecule has 27 heavy (non-hydrogen) atoms. The Balaban J connectivity index is 2.43. The summed E-state index contributed by atoms with van der Waals surface area (Å²) in [5.74, 6) is -2.50. The van der Waals surface area contributed by atoms with Crippen LogP contribution in [-0.2, 0) is 11.0 Å². The van der Waals surface area contributed by atoms with Gasteiger partial charge in [0.05, 0.1) is 17.4 Å². The molecular weight excluding hydrogens is 363 g/mol. The summed E-state index contributed by atoms with van der Waals surface area (Å²) in [7, 11) is 0. The maximum Gasteiger partial charge on any atom is 0.434 e. The second-order valence-electron chi connectivity index (χ2n) is 5.89. The Labute approximate surface area is 153 Å². The molecule has 1 unspecified atom stereocenters. The highest BCUT2D eigenvalue weighted by Crippen LogP contribution is 2.33. The van der Waals surface area contributed by atoms with E-state index in [1.807, 2.05) is 0 Å². The number of nitrogens with one attached hydrogen (secondary N) is 1. The van der Waals surface area contributed by atoms with Crippen molar-refractivity contribution in [3.63, 3.8) is 0 Å². The van der Waals surface area contributed by atoms with Crippen LogP contribution in [0.1, 0.15) is 34.5 Å². The van der Waals surface area contributed by atoms with Crippen molar-refractivity contribution in [2.24, 2.45) is 0 Å². The topological polar surface area (TPSA) is 84.2 Å². The van der Waals surface area contributed by atoms with Crippen molar-refractivity contribution in [2.75, 3.05) is 0 Å². The van der Waals surface area contributed by atoms with Gasteiger partial charge in [0.2, 0.25) is 0 Å². The molecule has 0 aliphatic rings. The van der Waals surface area contributed by atoms with Crippen LogP contribution in [0, 0.1) is 6.92 Å². The lowest BCUT2D eigenvalue weighted by molar-refractivity contribution is -0.143. The number of halogens is 3. The molecular formula is C18H18F3N3O3. The lowest BCUT2D eigenvalue weighted by Gasteiger charge is -2.16. The molecule has 1 heterocycles. The monoisotopic (exact) mass is 381 g/mol. The molecule has 1 amide bonds. The van der Waals surface area contributed by atoms with Gasteiger partial charge in [-0.15, -0.1) is 6.58 Å². The number of carbonyl (C=O) groups excluding carboxylic acids is 1. The molecule has 0 spiro atoms. The number of benzene rings is 1. The molecule has 2 N–H and O–H groups in total. The minimum Gasteiger partial charge on any atom is -0.480 e. The molecule has 0 aliphatic carbocycles. The SMILES string of the molecule is C=CCCC(NC(=O)c1cnn(-c2cccc(C)c2)c1C(F)(F)F)C(=O)O. The quantitative estimate of drug-likeness (QED) is 0.721. The van der Waals surface area contributed by atoms with Gasteiger partial charge in [-0.05, 0) is 37.5 Å². The number of carboxylic acids is 1. The average molecular weight is 381 g/mol. The predicted octanol–water partition coefficient (Wildman–Crippen LogP) is 3.35. The fourth-order valence-electron chi connectivity index (χ4n) is 2.52. The highest BCUT2D eigenvalue weighted by atomic mass is 19.4. The molecule has 6 nitrogen and oxygen atoms in total. The van der Waals surface area contributed by atoms with Crippen molar-refractivity contribution in [1.82, 2.24) is 15.1 Å². The number of alkyl halides is 3. The van der Waals surface area contributed by atoms with Crippen LogP contribution < -0.4 is 5.32 Å². The van der Waals surface area contributed by atoms with Crippen LogP contribution in [0.3, 0.4) is 0 Å². The number of rotatable bonds is 7. The average Bonchev–Trinajstić information content (AvgIpc) is 3.03. The van der Waals surface area contributed by atoms with Gasteiger partial charge in [-0.1, -0.05) is 18.2 Å². The van der Waals surface area contributed by atoms with Crippen molar-refractivity contribution in [3.8, 4) is 5.69 Å². The Kier molecular flexibility index (Phi) is 6.04. The highest BCUT2D eigenvalue weighted by Gasteiger charge is 2.41. The van der Waals surface area contributed by atoms with Crippen LogP contribution in [0.5, 0.6) is 0 Å². The van der Waals surface area contributed by atoms with Crippen molar-refractivity contribution >= 4 is 11.9 Å². The first-order valence-corrected chi connectivity index (χ1v) is 8.02. The van der Waals surface area contributed by atoms with Gasteiger partial charge in [0.1, 0.15) is 6.04 Å². The first-order valence-electron chi connectivity index (χ1n) is 8.02. The summed E-state index contributed by atoms with van der Waals surface area (Å²) in [5, 5.41) is 15.0. The van der Waals surface area contributed by atoms with Gasteiger partial charge in [-0.3, -0.25) is 4.79 Å². The summed E-state index contributed by atoms with van der Waals surface area (Å²) in [6.07, 6.45) is -2.33. The number of aromatic nitrogens is 2. The first-order chi connectivity index (χ1) is 12.6. The second-order valence-corrected chi connectivity index (χ2v) is 5.89. The normalized spacial score (nSPS) is 12.4. The standard InChI is InChI=1S/C18H18F3N3O3/c1-3-4-8-14(17(26)27)23-16(25)13-10-22-24(15(13)18(19,20)21)12-7-5-6-11(2)9-12/h3,5-7,9-10,14H,1,4,8H2,2H3,(H,23,25)(H,26,27). The first kappa shape index (κ1) is 20.2. The van der Waals surface area contributed by atoms with E-state index in [9.17, 15) is 22.8 Å². The van der Waals surface area contributed by atoms with Crippen LogP contribution >= 0.6 is 0 Å². The second kappa shape index (κ2) is 8.07. The van der Waals surface area contributed by atoms with Crippen LogP contribution in [0.25, 0.3) is 5.69 Å². The zero-order valence-corrected chi connectivity index (χ0v) is 14.5. The maximum atomic E-state index is 13.6. The van der Waals surface area contributed by atoms with Crippen LogP contribution in [0.15, 0.2) is 43.1 Å². The molecule has 1 aromatic heterocycles. The van der Waals surface area contributed by atoms with E-state index in [2.05, 4.69) is 17.0 Å². The number of nitrogens with zero attached hydrogens (tertiary/aromatic N) is 2. The van der Waals surface area contributed by atoms with Gasteiger partial charge >= 0.3 is 12.1 Å². The summed E-state index contributed by atoms with van der Waals surface area (Å²) in [5.41, 5.74) is -1.15. The van der Waals surface area contributed by atoms with Crippen molar-refractivity contribution in [3.05, 3.63) is 59.9 Å².